The van der Waals surface area contributed by atoms with Crippen molar-refractivity contribution < 1.29 is 18.3 Å². The maximum Gasteiger partial charge on any atom is 0.322 e. The Labute approximate surface area is 118 Å². The topological polar surface area (TPSA) is 92.5 Å². The molecule has 2 heterocycles. The van der Waals surface area contributed by atoms with Crippen LogP contribution in [-0.2, 0) is 21.9 Å². The number of sulfonamides is 1. The van der Waals surface area contributed by atoms with Gasteiger partial charge in [0.2, 0.25) is 0 Å². The molecule has 0 amide bonds. The van der Waals surface area contributed by atoms with E-state index in [9.17, 15) is 18.3 Å². The number of carboxylic acids is 1. The van der Waals surface area contributed by atoms with E-state index >= 15 is 0 Å². The molecule has 1 N–H and O–H groups in total. The van der Waals surface area contributed by atoms with Crippen LogP contribution in [0.2, 0.25) is 0 Å². The molecule has 2 rings (SSSR count). The minimum atomic E-state index is -3.82. The Bertz CT molecular complexity index is 596. The van der Waals surface area contributed by atoms with Gasteiger partial charge < -0.3 is 5.11 Å². The highest BCUT2D eigenvalue weighted by Gasteiger charge is 2.41. The van der Waals surface area contributed by atoms with Crippen LogP contribution in [0.3, 0.4) is 0 Å². The second-order valence-electron chi connectivity index (χ2n) is 5.06. The van der Waals surface area contributed by atoms with Gasteiger partial charge in [-0.3, -0.25) is 9.48 Å². The molecule has 1 fully saturated rings. The molecule has 1 aromatic heterocycles. The number of hydrogen-bond donors (Lipinski definition) is 1. The molecule has 1 aliphatic rings. The van der Waals surface area contributed by atoms with Gasteiger partial charge in [0, 0.05) is 13.6 Å². The molecule has 2 atom stereocenters. The van der Waals surface area contributed by atoms with Crippen LogP contribution < -0.4 is 0 Å². The lowest BCUT2D eigenvalue weighted by Crippen LogP contribution is -2.50. The van der Waals surface area contributed by atoms with Crippen molar-refractivity contribution in [1.29, 1.82) is 0 Å². The van der Waals surface area contributed by atoms with Gasteiger partial charge in [-0.1, -0.05) is 13.3 Å². The highest BCUT2D eigenvalue weighted by Crippen LogP contribution is 2.30. The Morgan fingerprint density at radius 3 is 2.75 bits per heavy atom. The SMILES string of the molecule is CCC1CCN(S(=O)(=O)c2ccnn2C)C(C(=O)O)C1. The highest BCUT2D eigenvalue weighted by molar-refractivity contribution is 7.89. The third kappa shape index (κ3) is 2.57. The van der Waals surface area contributed by atoms with E-state index in [1.54, 1.807) is 0 Å². The van der Waals surface area contributed by atoms with Gasteiger partial charge in [-0.15, -0.1) is 0 Å². The lowest BCUT2D eigenvalue weighted by molar-refractivity contribution is -0.143. The first-order chi connectivity index (χ1) is 9.37. The number of hydrogen-bond acceptors (Lipinski definition) is 4. The van der Waals surface area contributed by atoms with Crippen molar-refractivity contribution in [2.24, 2.45) is 13.0 Å². The molecule has 0 saturated carbocycles. The van der Waals surface area contributed by atoms with E-state index in [-0.39, 0.29) is 17.5 Å². The van der Waals surface area contributed by atoms with Gasteiger partial charge in [-0.05, 0) is 24.8 Å². The maximum absolute atomic E-state index is 12.6. The highest BCUT2D eigenvalue weighted by atomic mass is 32.2. The van der Waals surface area contributed by atoms with Crippen LogP contribution in [0.15, 0.2) is 17.3 Å². The summed E-state index contributed by atoms with van der Waals surface area (Å²) in [5.74, 6) is -0.831. The summed E-state index contributed by atoms with van der Waals surface area (Å²) in [5, 5.41) is 13.2. The lowest BCUT2D eigenvalue weighted by Gasteiger charge is -2.35. The molecule has 0 aliphatic carbocycles. The van der Waals surface area contributed by atoms with Crippen LogP contribution in [0.25, 0.3) is 0 Å². The summed E-state index contributed by atoms with van der Waals surface area (Å²) in [7, 11) is -2.29. The van der Waals surface area contributed by atoms with E-state index in [4.69, 9.17) is 0 Å². The van der Waals surface area contributed by atoms with Crippen molar-refractivity contribution in [2.75, 3.05) is 6.54 Å². The summed E-state index contributed by atoms with van der Waals surface area (Å²) in [5.41, 5.74) is 0. The van der Waals surface area contributed by atoms with Crippen molar-refractivity contribution in [3.05, 3.63) is 12.3 Å². The zero-order valence-electron chi connectivity index (χ0n) is 11.6. The van der Waals surface area contributed by atoms with Crippen molar-refractivity contribution in [3.8, 4) is 0 Å². The second-order valence-corrected chi connectivity index (χ2v) is 6.90. The van der Waals surface area contributed by atoms with Gasteiger partial charge in [-0.2, -0.15) is 9.40 Å². The number of carboxylic acid groups (broad SMARTS) is 1. The van der Waals surface area contributed by atoms with E-state index in [0.717, 1.165) is 10.7 Å². The summed E-state index contributed by atoms with van der Waals surface area (Å²) in [6.45, 7) is 2.23. The number of aryl methyl sites for hydroxylation is 1. The van der Waals surface area contributed by atoms with Crippen molar-refractivity contribution >= 4 is 16.0 Å². The molecule has 1 saturated heterocycles. The summed E-state index contributed by atoms with van der Waals surface area (Å²) in [4.78, 5) is 11.4. The molecule has 1 aromatic rings. The molecule has 0 bridgehead atoms. The van der Waals surface area contributed by atoms with E-state index in [1.807, 2.05) is 6.92 Å². The van der Waals surface area contributed by atoms with Crippen LogP contribution in [0.4, 0.5) is 0 Å². The van der Waals surface area contributed by atoms with Crippen LogP contribution in [0.1, 0.15) is 26.2 Å². The van der Waals surface area contributed by atoms with Crippen molar-refractivity contribution in [3.63, 3.8) is 0 Å². The average molecular weight is 301 g/mol. The van der Waals surface area contributed by atoms with Gasteiger partial charge in [-0.25, -0.2) is 8.42 Å². The first kappa shape index (κ1) is 15.0. The van der Waals surface area contributed by atoms with Crippen LogP contribution in [0.5, 0.6) is 0 Å². The van der Waals surface area contributed by atoms with E-state index < -0.39 is 22.0 Å². The first-order valence-corrected chi connectivity index (χ1v) is 8.04. The van der Waals surface area contributed by atoms with Crippen LogP contribution >= 0.6 is 0 Å². The monoisotopic (exact) mass is 301 g/mol. The Balaban J connectivity index is 2.35. The zero-order chi connectivity index (χ0) is 14.9. The number of rotatable bonds is 4. The Morgan fingerprint density at radius 2 is 2.25 bits per heavy atom. The van der Waals surface area contributed by atoms with E-state index in [1.165, 1.54) is 24.0 Å². The number of nitrogens with zero attached hydrogens (tertiary/aromatic N) is 3. The Hall–Kier alpha value is -1.41. The third-order valence-electron chi connectivity index (χ3n) is 3.87. The molecular formula is C12H19N3O4S. The van der Waals surface area contributed by atoms with E-state index in [0.29, 0.717) is 12.8 Å². The van der Waals surface area contributed by atoms with Crippen LogP contribution in [-0.4, -0.2) is 46.2 Å². The largest absolute Gasteiger partial charge is 0.480 e. The van der Waals surface area contributed by atoms with Gasteiger partial charge >= 0.3 is 5.97 Å². The standard InChI is InChI=1S/C12H19N3O4S/c1-3-9-5-7-15(10(8-9)12(16)17)20(18,19)11-4-6-13-14(11)2/h4,6,9-10H,3,5,7-8H2,1-2H3,(H,16,17). The number of aromatic nitrogens is 2. The van der Waals surface area contributed by atoms with Gasteiger partial charge in [0.05, 0.1) is 6.20 Å². The summed E-state index contributed by atoms with van der Waals surface area (Å²) >= 11 is 0. The molecule has 2 unspecified atom stereocenters. The average Bonchev–Trinajstić information content (AvgIpc) is 2.84. The van der Waals surface area contributed by atoms with Crippen molar-refractivity contribution in [1.82, 2.24) is 14.1 Å². The quantitative estimate of drug-likeness (QED) is 0.883. The number of aliphatic carboxylic acids is 1. The predicted molar refractivity (Wildman–Crippen MR) is 71.5 cm³/mol. The smallest absolute Gasteiger partial charge is 0.322 e. The van der Waals surface area contributed by atoms with Gasteiger partial charge in [0.15, 0.2) is 5.03 Å². The van der Waals surface area contributed by atoms with Gasteiger partial charge in [0.25, 0.3) is 10.0 Å². The maximum atomic E-state index is 12.6. The third-order valence-corrected chi connectivity index (χ3v) is 5.86. The molecule has 0 radical (unpaired) electrons. The molecule has 20 heavy (non-hydrogen) atoms. The van der Waals surface area contributed by atoms with Crippen LogP contribution in [0, 0.1) is 5.92 Å². The summed E-state index contributed by atoms with van der Waals surface area (Å²) < 4.78 is 27.5. The fraction of sp³-hybridized carbons (Fsp3) is 0.667. The first-order valence-electron chi connectivity index (χ1n) is 6.60. The molecule has 0 spiro atoms. The molecule has 1 aliphatic heterocycles. The Morgan fingerprint density at radius 1 is 1.55 bits per heavy atom. The minimum absolute atomic E-state index is 0.0266. The molecule has 0 aromatic carbocycles. The summed E-state index contributed by atoms with van der Waals surface area (Å²) in [6, 6.07) is 0.397. The summed E-state index contributed by atoms with van der Waals surface area (Å²) in [6.07, 6.45) is 3.31. The normalized spacial score (nSPS) is 24.7. The second kappa shape index (κ2) is 5.53. The molecular weight excluding hydrogens is 282 g/mol. The van der Waals surface area contributed by atoms with Crippen molar-refractivity contribution in [2.45, 2.75) is 37.3 Å². The predicted octanol–water partition coefficient (Wildman–Crippen LogP) is 0.684. The molecule has 112 valence electrons. The number of piperidine rings is 1. The molecule has 8 heteroatoms. The Kier molecular flexibility index (Phi) is 4.14. The minimum Gasteiger partial charge on any atom is -0.480 e. The fourth-order valence-corrected chi connectivity index (χ4v) is 4.35. The molecule has 7 nitrogen and oxygen atoms in total. The van der Waals surface area contributed by atoms with E-state index in [2.05, 4.69) is 5.10 Å². The fourth-order valence-electron chi connectivity index (χ4n) is 2.63. The number of carbonyl (C=O) groups is 1. The van der Waals surface area contributed by atoms with Gasteiger partial charge in [0.1, 0.15) is 6.04 Å². The lowest BCUT2D eigenvalue weighted by atomic mass is 9.90. The zero-order valence-corrected chi connectivity index (χ0v) is 12.4.